The largest absolute Gasteiger partial charge is 0.508 e. The predicted octanol–water partition coefficient (Wildman–Crippen LogP) is 9.98. The van der Waals surface area contributed by atoms with E-state index in [0.717, 1.165) is 19.3 Å². The second-order valence-electron chi connectivity index (χ2n) is 15.3. The van der Waals surface area contributed by atoms with E-state index in [1.807, 2.05) is 45.2 Å². The molecule has 0 aromatic heterocycles. The number of ether oxygens (including phenoxy) is 1. The maximum Gasteiger partial charge on any atom is 0.326 e. The van der Waals surface area contributed by atoms with E-state index < -0.39 is 48.3 Å². The van der Waals surface area contributed by atoms with Crippen LogP contribution in [0.2, 0.25) is 0 Å². The molecule has 0 bridgehead atoms. The molecular formula is C45H57I4N3O10. The molecular weight excluding hydrogens is 1250 g/mol. The van der Waals surface area contributed by atoms with Gasteiger partial charge in [0.05, 0.1) is 14.3 Å². The minimum absolute atomic E-state index is 0.0175. The number of amides is 3. The topological polar surface area (TPSA) is 212 Å². The van der Waals surface area contributed by atoms with Crippen LogP contribution in [0.25, 0.3) is 0 Å². The van der Waals surface area contributed by atoms with Gasteiger partial charge in [0.25, 0.3) is 0 Å². The Hall–Kier alpha value is -2.67. The van der Waals surface area contributed by atoms with E-state index in [1.165, 1.54) is 69.9 Å². The third-order valence-corrected chi connectivity index (χ3v) is 13.4. The number of carbonyl (C=O) groups excluding carboxylic acids is 3. The molecule has 0 aliphatic heterocycles. The number of carboxylic acids is 2. The van der Waals surface area contributed by atoms with Gasteiger partial charge >= 0.3 is 11.9 Å². The predicted molar refractivity (Wildman–Crippen MR) is 272 cm³/mol. The van der Waals surface area contributed by atoms with Gasteiger partial charge in [0.15, 0.2) is 5.75 Å². The summed E-state index contributed by atoms with van der Waals surface area (Å²) in [6, 6.07) is 8.93. The van der Waals surface area contributed by atoms with Gasteiger partial charge < -0.3 is 41.1 Å². The lowest BCUT2D eigenvalue weighted by molar-refractivity contribution is -0.143. The smallest absolute Gasteiger partial charge is 0.326 e. The third kappa shape index (κ3) is 20.0. The number of carbonyl (C=O) groups is 5. The fourth-order valence-corrected chi connectivity index (χ4v) is 10.5. The van der Waals surface area contributed by atoms with Crippen molar-refractivity contribution in [2.45, 2.75) is 141 Å². The standard InChI is InChI=1S/C45H57I4N3O10/c1-2-3-4-5-6-7-8-9-10-11-12-13-14-15-39(54)50-37(24-28-16-18-30(53)19-17-28)44(59)51-36(20-21-40(55)56)43(58)52-38(45(60)61)25-29-22-34(48)42(35(49)23-29)62-31-26-32(46)41(57)33(47)27-31/h16-19,22-23,26-27,36-38,53,57H,2-15,20-21,24-25H2,1H3,(H,50,54)(H,51,59)(H,52,58)(H,55,56)(H,60,61)/t36-,37-,38-/m0/s1. The lowest BCUT2D eigenvalue weighted by Gasteiger charge is -2.25. The number of aromatic hydroxyl groups is 2. The number of carboxylic acid groups (broad SMARTS) is 2. The summed E-state index contributed by atoms with van der Waals surface area (Å²) in [4.78, 5) is 64.8. The van der Waals surface area contributed by atoms with Crippen LogP contribution in [0.5, 0.6) is 23.0 Å². The number of phenolic OH excluding ortho intramolecular Hbond substituents is 2. The summed E-state index contributed by atoms with van der Waals surface area (Å²) >= 11 is 8.17. The van der Waals surface area contributed by atoms with Crippen molar-refractivity contribution in [3.8, 4) is 23.0 Å². The van der Waals surface area contributed by atoms with Gasteiger partial charge in [-0.05, 0) is 151 Å². The maximum atomic E-state index is 13.9. The highest BCUT2D eigenvalue weighted by Gasteiger charge is 2.31. The molecule has 7 N–H and O–H groups in total. The molecule has 0 heterocycles. The minimum atomic E-state index is -1.45. The molecule has 3 atom stereocenters. The fourth-order valence-electron chi connectivity index (χ4n) is 6.71. The van der Waals surface area contributed by atoms with Crippen LogP contribution in [-0.2, 0) is 36.8 Å². The van der Waals surface area contributed by atoms with Gasteiger partial charge in [-0.25, -0.2) is 4.79 Å². The molecule has 3 rings (SSSR count). The highest BCUT2D eigenvalue weighted by Crippen LogP contribution is 2.37. The summed E-state index contributed by atoms with van der Waals surface area (Å²) in [6.45, 7) is 2.22. The van der Waals surface area contributed by atoms with Gasteiger partial charge in [0.1, 0.15) is 35.4 Å². The lowest BCUT2D eigenvalue weighted by Crippen LogP contribution is -2.56. The number of nitrogens with one attached hydrogen (secondary N) is 3. The first-order valence-electron chi connectivity index (χ1n) is 21.0. The number of rotatable bonds is 29. The molecule has 340 valence electrons. The van der Waals surface area contributed by atoms with Gasteiger partial charge in [-0.15, -0.1) is 0 Å². The number of benzene rings is 3. The van der Waals surface area contributed by atoms with E-state index in [4.69, 9.17) is 4.74 Å². The summed E-state index contributed by atoms with van der Waals surface area (Å²) < 4.78 is 8.70. The van der Waals surface area contributed by atoms with Crippen LogP contribution in [0.3, 0.4) is 0 Å². The first-order chi connectivity index (χ1) is 29.6. The van der Waals surface area contributed by atoms with E-state index in [1.54, 1.807) is 36.4 Å². The quantitative estimate of drug-likeness (QED) is 0.0258. The highest BCUT2D eigenvalue weighted by atomic mass is 127. The molecule has 17 heteroatoms. The van der Waals surface area contributed by atoms with Crippen LogP contribution in [0.15, 0.2) is 48.5 Å². The van der Waals surface area contributed by atoms with E-state index in [9.17, 15) is 44.4 Å². The average molecular weight is 1310 g/mol. The Balaban J connectivity index is 1.65. The lowest BCUT2D eigenvalue weighted by atomic mass is 10.0. The molecule has 0 radical (unpaired) electrons. The Morgan fingerprint density at radius 3 is 1.58 bits per heavy atom. The zero-order valence-electron chi connectivity index (χ0n) is 34.8. The van der Waals surface area contributed by atoms with Crippen molar-refractivity contribution in [2.75, 3.05) is 0 Å². The minimum Gasteiger partial charge on any atom is -0.508 e. The number of aliphatic carboxylic acids is 2. The molecule has 3 amide bonds. The highest BCUT2D eigenvalue weighted by molar-refractivity contribution is 14.1. The summed E-state index contributed by atoms with van der Waals surface area (Å²) in [7, 11) is 0. The van der Waals surface area contributed by atoms with Crippen LogP contribution < -0.4 is 20.7 Å². The first kappa shape index (κ1) is 53.7. The second-order valence-corrected chi connectivity index (χ2v) is 20.0. The zero-order valence-corrected chi connectivity index (χ0v) is 43.5. The SMILES string of the molecule is CCCCCCCCCCCCCCCC(=O)N[C@@H](Cc1ccc(O)cc1)C(=O)N[C@@H](CCC(=O)O)C(=O)N[C@@H](Cc1cc(I)c(Oc2cc(I)c(O)c(I)c2)c(I)c1)C(=O)O. The summed E-state index contributed by atoms with van der Waals surface area (Å²) in [5.74, 6) is -3.34. The molecule has 0 saturated heterocycles. The van der Waals surface area contributed by atoms with E-state index in [-0.39, 0.29) is 43.1 Å². The zero-order chi connectivity index (χ0) is 45.6. The number of hydrogen-bond donors (Lipinski definition) is 7. The van der Waals surface area contributed by atoms with Crippen LogP contribution in [0.4, 0.5) is 0 Å². The number of halogens is 4. The summed E-state index contributed by atoms with van der Waals surface area (Å²) in [6.07, 6.45) is 14.3. The van der Waals surface area contributed by atoms with Crippen molar-refractivity contribution < 1.29 is 49.1 Å². The molecule has 0 spiro atoms. The van der Waals surface area contributed by atoms with Gasteiger partial charge in [-0.1, -0.05) is 96.1 Å². The number of hydrogen-bond acceptors (Lipinski definition) is 8. The fraction of sp³-hybridized carbons (Fsp3) is 0.489. The maximum absolute atomic E-state index is 13.9. The normalized spacial score (nSPS) is 12.5. The molecule has 3 aromatic rings. The Kier molecular flexibility index (Phi) is 25.1. The molecule has 0 unspecified atom stereocenters. The van der Waals surface area contributed by atoms with Gasteiger partial charge in [-0.2, -0.15) is 0 Å². The third-order valence-electron chi connectivity index (χ3n) is 10.1. The van der Waals surface area contributed by atoms with Crippen molar-refractivity contribution >= 4 is 120 Å². The van der Waals surface area contributed by atoms with Gasteiger partial charge in [-0.3, -0.25) is 19.2 Å². The van der Waals surface area contributed by atoms with Crippen molar-refractivity contribution in [3.63, 3.8) is 0 Å². The molecule has 62 heavy (non-hydrogen) atoms. The Labute approximate surface area is 418 Å². The molecule has 0 aliphatic rings. The molecule has 3 aromatic carbocycles. The van der Waals surface area contributed by atoms with Crippen molar-refractivity contribution in [1.29, 1.82) is 0 Å². The Morgan fingerprint density at radius 1 is 0.581 bits per heavy atom. The summed E-state index contributed by atoms with van der Waals surface area (Å²) in [5, 5.41) is 47.5. The first-order valence-corrected chi connectivity index (χ1v) is 25.4. The monoisotopic (exact) mass is 1310 g/mol. The van der Waals surface area contributed by atoms with Crippen LogP contribution in [0.1, 0.15) is 121 Å². The van der Waals surface area contributed by atoms with E-state index >= 15 is 0 Å². The number of unbranched alkanes of at least 4 members (excludes halogenated alkanes) is 12. The summed E-state index contributed by atoms with van der Waals surface area (Å²) in [5.41, 5.74) is 1.19. The van der Waals surface area contributed by atoms with Gasteiger partial charge in [0, 0.05) is 25.7 Å². The van der Waals surface area contributed by atoms with Crippen LogP contribution >= 0.6 is 90.4 Å². The Morgan fingerprint density at radius 2 is 1.06 bits per heavy atom. The van der Waals surface area contributed by atoms with E-state index in [2.05, 4.69) is 68.1 Å². The number of phenols is 2. The van der Waals surface area contributed by atoms with Crippen molar-refractivity contribution in [2.24, 2.45) is 0 Å². The van der Waals surface area contributed by atoms with Gasteiger partial charge in [0.2, 0.25) is 17.7 Å². The molecule has 0 fully saturated rings. The Bertz CT molecular complexity index is 1900. The van der Waals surface area contributed by atoms with Crippen LogP contribution in [-0.4, -0.2) is 68.2 Å². The molecule has 0 aliphatic carbocycles. The van der Waals surface area contributed by atoms with Crippen molar-refractivity contribution in [3.05, 3.63) is 73.9 Å². The second kappa shape index (κ2) is 29.0. The van der Waals surface area contributed by atoms with Crippen LogP contribution in [0, 0.1) is 14.3 Å². The molecule has 13 nitrogen and oxygen atoms in total. The molecule has 0 saturated carbocycles. The van der Waals surface area contributed by atoms with E-state index in [0.29, 0.717) is 43.3 Å². The van der Waals surface area contributed by atoms with Crippen molar-refractivity contribution in [1.82, 2.24) is 16.0 Å². The average Bonchev–Trinajstić information content (AvgIpc) is 3.21.